The Balaban J connectivity index is 1.89. The molecule has 1 fully saturated rings. The van der Waals surface area contributed by atoms with Gasteiger partial charge in [0.15, 0.2) is 5.82 Å². The molecule has 100 valence electrons. The lowest BCUT2D eigenvalue weighted by molar-refractivity contribution is -0.129. The summed E-state index contributed by atoms with van der Waals surface area (Å²) >= 11 is 0. The average Bonchev–Trinajstić information content (AvgIpc) is 2.98. The van der Waals surface area contributed by atoms with Crippen LogP contribution in [0.5, 0.6) is 0 Å². The van der Waals surface area contributed by atoms with Gasteiger partial charge in [0.25, 0.3) is 0 Å². The summed E-state index contributed by atoms with van der Waals surface area (Å²) in [6, 6.07) is 0.662. The fraction of sp³-hybridized carbons (Fsp3) is 0.750. The number of rotatable bonds is 4. The molecule has 1 N–H and O–H groups in total. The summed E-state index contributed by atoms with van der Waals surface area (Å²) in [6.45, 7) is 7.44. The van der Waals surface area contributed by atoms with Crippen LogP contribution in [0, 0.1) is 0 Å². The van der Waals surface area contributed by atoms with Crippen molar-refractivity contribution < 1.29 is 9.32 Å². The van der Waals surface area contributed by atoms with Crippen molar-refractivity contribution >= 4 is 11.9 Å². The van der Waals surface area contributed by atoms with E-state index in [4.69, 9.17) is 4.52 Å². The molecule has 6 heteroatoms. The lowest BCUT2D eigenvalue weighted by atomic mass is 10.2. The number of aromatic nitrogens is 2. The molecule has 6 nitrogen and oxygen atoms in total. The average molecular weight is 252 g/mol. The SMILES string of the molecule is CCC(=O)N1CCC(Nc2nc(C(C)C)no2)C1. The minimum Gasteiger partial charge on any atom is -0.341 e. The Kier molecular flexibility index (Phi) is 3.84. The van der Waals surface area contributed by atoms with Crippen LogP contribution >= 0.6 is 0 Å². The third-order valence-corrected chi connectivity index (χ3v) is 3.13. The Morgan fingerprint density at radius 2 is 2.39 bits per heavy atom. The highest BCUT2D eigenvalue weighted by atomic mass is 16.5. The Labute approximate surface area is 107 Å². The topological polar surface area (TPSA) is 71.3 Å². The zero-order chi connectivity index (χ0) is 13.1. The van der Waals surface area contributed by atoms with E-state index in [1.807, 2.05) is 25.7 Å². The molecule has 2 heterocycles. The highest BCUT2D eigenvalue weighted by molar-refractivity contribution is 5.76. The lowest BCUT2D eigenvalue weighted by Crippen LogP contribution is -2.30. The standard InChI is InChI=1S/C12H20N4O2/c1-4-10(17)16-6-5-9(7-16)13-12-14-11(8(2)3)15-18-12/h8-9H,4-7H2,1-3H3,(H,13,14,15). The zero-order valence-electron chi connectivity index (χ0n) is 11.1. The van der Waals surface area contributed by atoms with Gasteiger partial charge < -0.3 is 14.7 Å². The quantitative estimate of drug-likeness (QED) is 0.881. The van der Waals surface area contributed by atoms with Crippen LogP contribution in [0.25, 0.3) is 0 Å². The van der Waals surface area contributed by atoms with E-state index in [1.54, 1.807) is 0 Å². The number of anilines is 1. The van der Waals surface area contributed by atoms with E-state index < -0.39 is 0 Å². The molecule has 1 saturated heterocycles. The third kappa shape index (κ3) is 2.80. The molecule has 0 radical (unpaired) electrons. The van der Waals surface area contributed by atoms with Gasteiger partial charge in [0.05, 0.1) is 0 Å². The van der Waals surface area contributed by atoms with Crippen molar-refractivity contribution in [3.8, 4) is 0 Å². The maximum atomic E-state index is 11.6. The predicted octanol–water partition coefficient (Wildman–Crippen LogP) is 1.62. The van der Waals surface area contributed by atoms with Crippen molar-refractivity contribution in [2.45, 2.75) is 45.6 Å². The Hall–Kier alpha value is -1.59. The maximum Gasteiger partial charge on any atom is 0.321 e. The molecule has 0 spiro atoms. The number of hydrogen-bond acceptors (Lipinski definition) is 5. The van der Waals surface area contributed by atoms with Crippen LogP contribution < -0.4 is 5.32 Å². The number of likely N-dealkylation sites (tertiary alicyclic amines) is 1. The number of nitrogens with zero attached hydrogens (tertiary/aromatic N) is 3. The van der Waals surface area contributed by atoms with Gasteiger partial charge in [-0.15, -0.1) is 0 Å². The molecular formula is C12H20N4O2. The van der Waals surface area contributed by atoms with Gasteiger partial charge in [-0.25, -0.2) is 0 Å². The van der Waals surface area contributed by atoms with E-state index in [9.17, 15) is 4.79 Å². The molecule has 18 heavy (non-hydrogen) atoms. The van der Waals surface area contributed by atoms with Gasteiger partial charge in [0, 0.05) is 31.5 Å². The smallest absolute Gasteiger partial charge is 0.321 e. The first-order chi connectivity index (χ1) is 8.60. The van der Waals surface area contributed by atoms with Gasteiger partial charge >= 0.3 is 6.01 Å². The fourth-order valence-electron chi connectivity index (χ4n) is 2.03. The van der Waals surface area contributed by atoms with Crippen LogP contribution in [0.1, 0.15) is 45.4 Å². The third-order valence-electron chi connectivity index (χ3n) is 3.13. The number of amides is 1. The predicted molar refractivity (Wildman–Crippen MR) is 67.3 cm³/mol. The van der Waals surface area contributed by atoms with Gasteiger partial charge in [-0.05, 0) is 6.42 Å². The molecule has 0 aliphatic carbocycles. The van der Waals surface area contributed by atoms with Crippen LogP contribution in [-0.2, 0) is 4.79 Å². The van der Waals surface area contributed by atoms with E-state index in [-0.39, 0.29) is 17.9 Å². The largest absolute Gasteiger partial charge is 0.341 e. The summed E-state index contributed by atoms with van der Waals surface area (Å²) in [5, 5.41) is 7.09. The first kappa shape index (κ1) is 12.9. The molecule has 0 aromatic carbocycles. The van der Waals surface area contributed by atoms with Crippen molar-refractivity contribution in [2.75, 3.05) is 18.4 Å². The molecule has 1 amide bonds. The maximum absolute atomic E-state index is 11.6. The number of hydrogen-bond donors (Lipinski definition) is 1. The minimum atomic E-state index is 0.202. The van der Waals surface area contributed by atoms with Crippen LogP contribution in [0.3, 0.4) is 0 Å². The Morgan fingerprint density at radius 3 is 3.00 bits per heavy atom. The van der Waals surface area contributed by atoms with Gasteiger partial charge in [0.2, 0.25) is 5.91 Å². The molecule has 1 aromatic heterocycles. The first-order valence-corrected chi connectivity index (χ1v) is 6.48. The second-order valence-corrected chi connectivity index (χ2v) is 4.94. The van der Waals surface area contributed by atoms with Crippen molar-refractivity contribution in [1.29, 1.82) is 0 Å². The van der Waals surface area contributed by atoms with E-state index in [2.05, 4.69) is 15.5 Å². The monoisotopic (exact) mass is 252 g/mol. The molecule has 1 aromatic rings. The molecule has 0 saturated carbocycles. The molecule has 0 bridgehead atoms. The number of carbonyl (C=O) groups excluding carboxylic acids is 1. The van der Waals surface area contributed by atoms with Crippen molar-refractivity contribution in [1.82, 2.24) is 15.0 Å². The summed E-state index contributed by atoms with van der Waals surface area (Å²) in [7, 11) is 0. The summed E-state index contributed by atoms with van der Waals surface area (Å²) in [5.41, 5.74) is 0. The second-order valence-electron chi connectivity index (χ2n) is 4.94. The van der Waals surface area contributed by atoms with Gasteiger partial charge in [0.1, 0.15) is 0 Å². The number of carbonyl (C=O) groups is 1. The molecule has 1 unspecified atom stereocenters. The highest BCUT2D eigenvalue weighted by Gasteiger charge is 2.26. The summed E-state index contributed by atoms with van der Waals surface area (Å²) in [6.07, 6.45) is 1.48. The first-order valence-electron chi connectivity index (χ1n) is 6.48. The van der Waals surface area contributed by atoms with Gasteiger partial charge in [-0.2, -0.15) is 4.98 Å². The molecule has 2 rings (SSSR count). The van der Waals surface area contributed by atoms with Crippen molar-refractivity contribution in [3.63, 3.8) is 0 Å². The van der Waals surface area contributed by atoms with E-state index in [0.717, 1.165) is 13.0 Å². The molecule has 1 aliphatic rings. The molecular weight excluding hydrogens is 232 g/mol. The zero-order valence-corrected chi connectivity index (χ0v) is 11.1. The van der Waals surface area contributed by atoms with Crippen molar-refractivity contribution in [2.24, 2.45) is 0 Å². The number of nitrogens with one attached hydrogen (secondary N) is 1. The van der Waals surface area contributed by atoms with Gasteiger partial charge in [-0.1, -0.05) is 25.9 Å². The second kappa shape index (κ2) is 5.37. The van der Waals surface area contributed by atoms with E-state index in [0.29, 0.717) is 24.8 Å². The van der Waals surface area contributed by atoms with Crippen molar-refractivity contribution in [3.05, 3.63) is 5.82 Å². The summed E-state index contributed by atoms with van der Waals surface area (Å²) in [4.78, 5) is 17.7. The van der Waals surface area contributed by atoms with Crippen LogP contribution in [0.4, 0.5) is 6.01 Å². The minimum absolute atomic E-state index is 0.202. The molecule has 1 atom stereocenters. The highest BCUT2D eigenvalue weighted by Crippen LogP contribution is 2.17. The summed E-state index contributed by atoms with van der Waals surface area (Å²) in [5.74, 6) is 1.16. The fourth-order valence-corrected chi connectivity index (χ4v) is 2.03. The van der Waals surface area contributed by atoms with Crippen LogP contribution in [0.15, 0.2) is 4.52 Å². The van der Waals surface area contributed by atoms with Crippen LogP contribution in [0.2, 0.25) is 0 Å². The lowest BCUT2D eigenvalue weighted by Gasteiger charge is -2.15. The Morgan fingerprint density at radius 1 is 1.61 bits per heavy atom. The normalized spacial score (nSPS) is 19.6. The molecule has 1 aliphatic heterocycles. The van der Waals surface area contributed by atoms with E-state index >= 15 is 0 Å². The van der Waals surface area contributed by atoms with Crippen LogP contribution in [-0.4, -0.2) is 40.1 Å². The Bertz CT molecular complexity index is 416. The summed E-state index contributed by atoms with van der Waals surface area (Å²) < 4.78 is 5.13. The van der Waals surface area contributed by atoms with E-state index in [1.165, 1.54) is 0 Å². The van der Waals surface area contributed by atoms with Gasteiger partial charge in [-0.3, -0.25) is 4.79 Å².